The molecular formula is C10H14ClNO3S. The van der Waals surface area contributed by atoms with Gasteiger partial charge >= 0.3 is 0 Å². The number of aromatic nitrogens is 1. The Hall–Kier alpha value is -0.810. The van der Waals surface area contributed by atoms with E-state index in [0.717, 1.165) is 6.42 Å². The average Bonchev–Trinajstić information content (AvgIpc) is 2.16. The van der Waals surface area contributed by atoms with Gasteiger partial charge in [-0.15, -0.1) is 0 Å². The number of hydrogen-bond acceptors (Lipinski definition) is 4. The van der Waals surface area contributed by atoms with Crippen LogP contribution in [0, 0.1) is 0 Å². The molecule has 4 nitrogen and oxygen atoms in total. The van der Waals surface area contributed by atoms with Crippen LogP contribution >= 0.6 is 10.7 Å². The second-order valence-corrected chi connectivity index (χ2v) is 6.49. The van der Waals surface area contributed by atoms with Crippen molar-refractivity contribution >= 4 is 19.7 Å². The molecule has 0 amide bonds. The Morgan fingerprint density at radius 2 is 2.12 bits per heavy atom. The zero-order valence-corrected chi connectivity index (χ0v) is 11.0. The largest absolute Gasteiger partial charge is 0.471 e. The maximum absolute atomic E-state index is 11.3. The highest BCUT2D eigenvalue weighted by Crippen LogP contribution is 2.28. The first-order valence-corrected chi connectivity index (χ1v) is 7.16. The third-order valence-electron chi connectivity index (χ3n) is 2.22. The van der Waals surface area contributed by atoms with E-state index in [1.807, 2.05) is 20.8 Å². The fraction of sp³-hybridized carbons (Fsp3) is 0.500. The number of rotatable bonds is 4. The summed E-state index contributed by atoms with van der Waals surface area (Å²) in [6.07, 6.45) is 2.19. The number of halogens is 1. The van der Waals surface area contributed by atoms with Crippen LogP contribution in [0.2, 0.25) is 0 Å². The molecule has 0 aliphatic rings. The minimum atomic E-state index is -3.83. The lowest BCUT2D eigenvalue weighted by atomic mass is 10.1. The lowest BCUT2D eigenvalue weighted by molar-refractivity contribution is 0.0948. The Labute approximate surface area is 100 Å². The van der Waals surface area contributed by atoms with Crippen LogP contribution in [-0.4, -0.2) is 19.0 Å². The summed E-state index contributed by atoms with van der Waals surface area (Å²) in [5, 5.41) is 0. The Kier molecular flexibility index (Phi) is 3.80. The first kappa shape index (κ1) is 13.3. The van der Waals surface area contributed by atoms with Crippen LogP contribution < -0.4 is 4.74 Å². The Balaban J connectivity index is 3.16. The molecule has 6 heteroatoms. The summed E-state index contributed by atoms with van der Waals surface area (Å²) in [5.74, 6) is 0.0457. The SMILES string of the molecule is CCC(C)(C)Oc1ncccc1S(=O)(=O)Cl. The molecule has 0 unspecified atom stereocenters. The standard InChI is InChI=1S/C10H14ClNO3S/c1-4-10(2,3)15-9-8(16(11,13)14)6-5-7-12-9/h5-7H,4H2,1-3H3. The smallest absolute Gasteiger partial charge is 0.266 e. The topological polar surface area (TPSA) is 56.3 Å². The van der Waals surface area contributed by atoms with Crippen LogP contribution in [-0.2, 0) is 9.05 Å². The van der Waals surface area contributed by atoms with Crippen molar-refractivity contribution in [2.75, 3.05) is 0 Å². The van der Waals surface area contributed by atoms with Crippen molar-refractivity contribution < 1.29 is 13.2 Å². The van der Waals surface area contributed by atoms with Crippen molar-refractivity contribution in [2.24, 2.45) is 0 Å². The molecule has 1 aromatic heterocycles. The van der Waals surface area contributed by atoms with Gasteiger partial charge in [-0.1, -0.05) is 6.92 Å². The van der Waals surface area contributed by atoms with Gasteiger partial charge in [0.1, 0.15) is 10.5 Å². The number of pyridine rings is 1. The van der Waals surface area contributed by atoms with Crippen LogP contribution in [0.25, 0.3) is 0 Å². The van der Waals surface area contributed by atoms with Gasteiger partial charge in [0, 0.05) is 16.9 Å². The van der Waals surface area contributed by atoms with Gasteiger partial charge in [0.2, 0.25) is 5.88 Å². The average molecular weight is 264 g/mol. The van der Waals surface area contributed by atoms with Gasteiger partial charge < -0.3 is 4.74 Å². The van der Waals surface area contributed by atoms with E-state index < -0.39 is 14.7 Å². The van der Waals surface area contributed by atoms with E-state index in [4.69, 9.17) is 15.4 Å². The van der Waals surface area contributed by atoms with E-state index in [0.29, 0.717) is 0 Å². The zero-order valence-electron chi connectivity index (χ0n) is 9.40. The molecule has 0 saturated carbocycles. The third-order valence-corrected chi connectivity index (χ3v) is 3.56. The molecule has 90 valence electrons. The van der Waals surface area contributed by atoms with Crippen LogP contribution in [0.3, 0.4) is 0 Å². The van der Waals surface area contributed by atoms with E-state index in [2.05, 4.69) is 4.98 Å². The predicted octanol–water partition coefficient (Wildman–Crippen LogP) is 2.58. The van der Waals surface area contributed by atoms with E-state index >= 15 is 0 Å². The van der Waals surface area contributed by atoms with Gasteiger partial charge in [-0.05, 0) is 32.4 Å². The first-order chi connectivity index (χ1) is 7.26. The second-order valence-electron chi connectivity index (χ2n) is 3.96. The van der Waals surface area contributed by atoms with Gasteiger partial charge in [0.15, 0.2) is 0 Å². The summed E-state index contributed by atoms with van der Waals surface area (Å²) >= 11 is 0. The molecule has 0 aliphatic heterocycles. The van der Waals surface area contributed by atoms with E-state index in [9.17, 15) is 8.42 Å². The van der Waals surface area contributed by atoms with Gasteiger partial charge in [-0.25, -0.2) is 13.4 Å². The van der Waals surface area contributed by atoms with Gasteiger partial charge in [-0.3, -0.25) is 0 Å². The molecular weight excluding hydrogens is 250 g/mol. The monoisotopic (exact) mass is 263 g/mol. The number of hydrogen-bond donors (Lipinski definition) is 0. The summed E-state index contributed by atoms with van der Waals surface area (Å²) in [7, 11) is 1.46. The lowest BCUT2D eigenvalue weighted by Gasteiger charge is -2.24. The molecule has 0 radical (unpaired) electrons. The Morgan fingerprint density at radius 3 is 2.62 bits per heavy atom. The Bertz CT molecular complexity index is 471. The molecule has 0 atom stereocenters. The Morgan fingerprint density at radius 1 is 1.50 bits per heavy atom. The van der Waals surface area contributed by atoms with Gasteiger partial charge in [0.25, 0.3) is 9.05 Å². The molecule has 1 rings (SSSR count). The maximum Gasteiger partial charge on any atom is 0.266 e. The van der Waals surface area contributed by atoms with Crippen LogP contribution in [0.5, 0.6) is 5.88 Å². The maximum atomic E-state index is 11.3. The molecule has 0 aromatic carbocycles. The van der Waals surface area contributed by atoms with E-state index in [1.54, 1.807) is 0 Å². The first-order valence-electron chi connectivity index (χ1n) is 4.85. The zero-order chi connectivity index (χ0) is 12.4. The minimum absolute atomic E-state index is 0.0457. The molecule has 0 aliphatic carbocycles. The molecule has 0 saturated heterocycles. The lowest BCUT2D eigenvalue weighted by Crippen LogP contribution is -2.27. The molecule has 0 N–H and O–H groups in total. The van der Waals surface area contributed by atoms with Gasteiger partial charge in [0.05, 0.1) is 0 Å². The van der Waals surface area contributed by atoms with E-state index in [-0.39, 0.29) is 10.8 Å². The molecule has 0 bridgehead atoms. The third kappa shape index (κ3) is 3.35. The number of ether oxygens (including phenoxy) is 1. The molecule has 1 heterocycles. The fourth-order valence-electron chi connectivity index (χ4n) is 0.972. The van der Waals surface area contributed by atoms with Crippen LogP contribution in [0.4, 0.5) is 0 Å². The normalized spacial score (nSPS) is 12.5. The highest BCUT2D eigenvalue weighted by molar-refractivity contribution is 8.13. The highest BCUT2D eigenvalue weighted by Gasteiger charge is 2.24. The van der Waals surface area contributed by atoms with Crippen LogP contribution in [0.1, 0.15) is 27.2 Å². The quantitative estimate of drug-likeness (QED) is 0.784. The van der Waals surface area contributed by atoms with Crippen molar-refractivity contribution in [1.29, 1.82) is 0 Å². The van der Waals surface area contributed by atoms with Gasteiger partial charge in [-0.2, -0.15) is 0 Å². The van der Waals surface area contributed by atoms with Crippen LogP contribution in [0.15, 0.2) is 23.2 Å². The number of nitrogens with zero attached hydrogens (tertiary/aromatic N) is 1. The molecule has 1 aromatic rings. The van der Waals surface area contributed by atoms with Crippen molar-refractivity contribution in [3.05, 3.63) is 18.3 Å². The van der Waals surface area contributed by atoms with Crippen molar-refractivity contribution in [3.8, 4) is 5.88 Å². The summed E-state index contributed by atoms with van der Waals surface area (Å²) in [5.41, 5.74) is -0.481. The van der Waals surface area contributed by atoms with Crippen molar-refractivity contribution in [3.63, 3.8) is 0 Å². The predicted molar refractivity (Wildman–Crippen MR) is 62.3 cm³/mol. The molecule has 0 fully saturated rings. The summed E-state index contributed by atoms with van der Waals surface area (Å²) in [6, 6.07) is 2.87. The molecule has 0 spiro atoms. The second kappa shape index (κ2) is 4.59. The van der Waals surface area contributed by atoms with E-state index in [1.165, 1.54) is 18.3 Å². The van der Waals surface area contributed by atoms with Crippen molar-refractivity contribution in [2.45, 2.75) is 37.7 Å². The summed E-state index contributed by atoms with van der Waals surface area (Å²) in [4.78, 5) is 3.79. The summed E-state index contributed by atoms with van der Waals surface area (Å²) < 4.78 is 28.1. The molecule has 16 heavy (non-hydrogen) atoms. The summed E-state index contributed by atoms with van der Waals surface area (Å²) in [6.45, 7) is 5.65. The highest BCUT2D eigenvalue weighted by atomic mass is 35.7. The van der Waals surface area contributed by atoms with Crippen molar-refractivity contribution in [1.82, 2.24) is 4.98 Å². The minimum Gasteiger partial charge on any atom is -0.471 e. The fourth-order valence-corrected chi connectivity index (χ4v) is 1.87.